The Morgan fingerprint density at radius 2 is 2.33 bits per heavy atom. The number of pyridine rings is 1. The van der Waals surface area contributed by atoms with Crippen LogP contribution in [0.2, 0.25) is 0 Å². The summed E-state index contributed by atoms with van der Waals surface area (Å²) >= 11 is 3.14. The molecular formula is C11H14BrN3O3. The number of carbonyl (C=O) groups excluding carboxylic acids is 1. The Balaban J connectivity index is 2.10. The van der Waals surface area contributed by atoms with Crippen molar-refractivity contribution in [3.8, 4) is 0 Å². The van der Waals surface area contributed by atoms with Crippen molar-refractivity contribution in [3.05, 3.63) is 27.1 Å². The van der Waals surface area contributed by atoms with Gasteiger partial charge in [0, 0.05) is 26.3 Å². The first-order chi connectivity index (χ1) is 8.47. The lowest BCUT2D eigenvalue weighted by Crippen LogP contribution is -2.34. The predicted octanol–water partition coefficient (Wildman–Crippen LogP) is 0.746. The fraction of sp³-hybridized carbons (Fsp3) is 0.455. The molecule has 1 aromatic rings. The fourth-order valence-corrected chi connectivity index (χ4v) is 2.39. The van der Waals surface area contributed by atoms with Gasteiger partial charge in [0.15, 0.2) is 0 Å². The Labute approximate surface area is 112 Å². The number of likely N-dealkylation sites (tertiary alicyclic amines) is 1. The summed E-state index contributed by atoms with van der Waals surface area (Å²) in [6, 6.07) is 1.30. The number of rotatable bonds is 1. The topological polar surface area (TPSA) is 74.6 Å². The minimum absolute atomic E-state index is 0.162. The average Bonchev–Trinajstić information content (AvgIpc) is 2.72. The zero-order chi connectivity index (χ0) is 13.3. The number of amides is 2. The highest BCUT2D eigenvalue weighted by Gasteiger charge is 2.24. The molecule has 1 fully saturated rings. The maximum absolute atomic E-state index is 11.9. The van der Waals surface area contributed by atoms with Crippen molar-refractivity contribution in [1.29, 1.82) is 0 Å². The molecule has 2 heterocycles. The van der Waals surface area contributed by atoms with Gasteiger partial charge in [-0.1, -0.05) is 0 Å². The predicted molar refractivity (Wildman–Crippen MR) is 70.6 cm³/mol. The summed E-state index contributed by atoms with van der Waals surface area (Å²) in [5.41, 5.74) is 0.375. The molecule has 0 aromatic carbocycles. The molecule has 1 aliphatic rings. The standard InChI is InChI=1S/C11H14BrN3O3/c1-14-5-7(4-9(12)10(14)17)13-11(18)15-3-2-8(16)6-15/h4-5,8,16H,2-3,6H2,1H3,(H,13,18)/t8-/m0/s1. The minimum Gasteiger partial charge on any atom is -0.391 e. The molecule has 0 bridgehead atoms. The summed E-state index contributed by atoms with van der Waals surface area (Å²) in [6.45, 7) is 0.888. The van der Waals surface area contributed by atoms with Gasteiger partial charge >= 0.3 is 6.03 Å². The molecule has 0 spiro atoms. The molecule has 2 rings (SSSR count). The Bertz CT molecular complexity index is 503. The summed E-state index contributed by atoms with van der Waals surface area (Å²) in [5, 5.41) is 12.1. The van der Waals surface area contributed by atoms with E-state index in [2.05, 4.69) is 21.2 Å². The van der Waals surface area contributed by atoms with Gasteiger partial charge in [0.05, 0.1) is 16.3 Å². The summed E-state index contributed by atoms with van der Waals surface area (Å²) < 4.78 is 1.78. The lowest BCUT2D eigenvalue weighted by atomic mass is 10.3. The fourth-order valence-electron chi connectivity index (χ4n) is 1.87. The first-order valence-corrected chi connectivity index (χ1v) is 6.37. The second kappa shape index (κ2) is 5.11. The highest BCUT2D eigenvalue weighted by atomic mass is 79.9. The maximum Gasteiger partial charge on any atom is 0.321 e. The van der Waals surface area contributed by atoms with E-state index in [9.17, 15) is 14.7 Å². The Morgan fingerprint density at radius 1 is 1.61 bits per heavy atom. The van der Waals surface area contributed by atoms with Crippen molar-refractivity contribution in [2.45, 2.75) is 12.5 Å². The lowest BCUT2D eigenvalue weighted by molar-refractivity contribution is 0.176. The molecule has 1 saturated heterocycles. The van der Waals surface area contributed by atoms with E-state index in [1.165, 1.54) is 4.57 Å². The third-order valence-electron chi connectivity index (χ3n) is 2.84. The van der Waals surface area contributed by atoms with E-state index in [0.29, 0.717) is 29.7 Å². The third kappa shape index (κ3) is 2.73. The van der Waals surface area contributed by atoms with Gasteiger partial charge in [0.2, 0.25) is 0 Å². The summed E-state index contributed by atoms with van der Waals surface area (Å²) in [7, 11) is 1.61. The molecular weight excluding hydrogens is 302 g/mol. The van der Waals surface area contributed by atoms with Crippen LogP contribution in [0.4, 0.5) is 10.5 Å². The third-order valence-corrected chi connectivity index (χ3v) is 3.41. The SMILES string of the molecule is Cn1cc(NC(=O)N2CC[C@H](O)C2)cc(Br)c1=O. The van der Waals surface area contributed by atoms with Crippen LogP contribution in [0.5, 0.6) is 0 Å². The number of halogens is 1. The number of aliphatic hydroxyl groups excluding tert-OH is 1. The number of anilines is 1. The van der Waals surface area contributed by atoms with Crippen LogP contribution in [0.1, 0.15) is 6.42 Å². The van der Waals surface area contributed by atoms with Gasteiger partial charge in [-0.05, 0) is 28.4 Å². The van der Waals surface area contributed by atoms with Crippen LogP contribution in [-0.2, 0) is 7.05 Å². The van der Waals surface area contributed by atoms with Gasteiger partial charge in [-0.25, -0.2) is 4.79 Å². The maximum atomic E-state index is 11.9. The highest BCUT2D eigenvalue weighted by Crippen LogP contribution is 2.14. The smallest absolute Gasteiger partial charge is 0.321 e. The van der Waals surface area contributed by atoms with Gasteiger partial charge in [-0.2, -0.15) is 0 Å². The van der Waals surface area contributed by atoms with Gasteiger partial charge in [0.1, 0.15) is 0 Å². The molecule has 2 amide bonds. The quantitative estimate of drug-likeness (QED) is 0.803. The number of hydrogen-bond donors (Lipinski definition) is 2. The van der Waals surface area contributed by atoms with Crippen LogP contribution >= 0.6 is 15.9 Å². The minimum atomic E-state index is -0.442. The summed E-state index contributed by atoms with van der Waals surface area (Å²) in [5.74, 6) is 0. The Morgan fingerprint density at radius 3 is 2.89 bits per heavy atom. The van der Waals surface area contributed by atoms with E-state index >= 15 is 0 Å². The molecule has 1 atom stereocenters. The molecule has 2 N–H and O–H groups in total. The van der Waals surface area contributed by atoms with Crippen molar-refractivity contribution in [1.82, 2.24) is 9.47 Å². The van der Waals surface area contributed by atoms with Gasteiger partial charge < -0.3 is 19.9 Å². The molecule has 0 unspecified atom stereocenters. The molecule has 1 aliphatic heterocycles. The van der Waals surface area contributed by atoms with Gasteiger partial charge in [-0.3, -0.25) is 4.79 Å². The molecule has 0 saturated carbocycles. The molecule has 0 radical (unpaired) electrons. The zero-order valence-corrected chi connectivity index (χ0v) is 11.5. The molecule has 0 aliphatic carbocycles. The van der Waals surface area contributed by atoms with Crippen molar-refractivity contribution in [3.63, 3.8) is 0 Å². The first-order valence-electron chi connectivity index (χ1n) is 5.57. The average molecular weight is 316 g/mol. The van der Waals surface area contributed by atoms with Gasteiger partial charge in [-0.15, -0.1) is 0 Å². The van der Waals surface area contributed by atoms with Crippen molar-refractivity contribution in [2.24, 2.45) is 7.05 Å². The second-order valence-electron chi connectivity index (χ2n) is 4.31. The van der Waals surface area contributed by atoms with E-state index < -0.39 is 6.10 Å². The van der Waals surface area contributed by atoms with Crippen LogP contribution in [-0.4, -0.2) is 39.8 Å². The van der Waals surface area contributed by atoms with Crippen molar-refractivity contribution in [2.75, 3.05) is 18.4 Å². The zero-order valence-electron chi connectivity index (χ0n) is 9.89. The van der Waals surface area contributed by atoms with E-state index in [-0.39, 0.29) is 11.6 Å². The monoisotopic (exact) mass is 315 g/mol. The molecule has 6 nitrogen and oxygen atoms in total. The van der Waals surface area contributed by atoms with E-state index in [1.807, 2.05) is 0 Å². The van der Waals surface area contributed by atoms with Crippen molar-refractivity contribution >= 4 is 27.6 Å². The van der Waals surface area contributed by atoms with Crippen molar-refractivity contribution < 1.29 is 9.90 Å². The van der Waals surface area contributed by atoms with Crippen LogP contribution in [0.25, 0.3) is 0 Å². The normalized spacial score (nSPS) is 19.1. The number of urea groups is 1. The number of nitrogens with one attached hydrogen (secondary N) is 1. The Kier molecular flexibility index (Phi) is 3.72. The number of β-amino-alcohol motifs (C(OH)–C–C–N with tert-alkyl or cyclic N) is 1. The molecule has 1 aromatic heterocycles. The van der Waals surface area contributed by atoms with E-state index in [1.54, 1.807) is 24.2 Å². The molecule has 98 valence electrons. The first kappa shape index (κ1) is 13.1. The van der Waals surface area contributed by atoms with Crippen LogP contribution < -0.4 is 10.9 Å². The Hall–Kier alpha value is -1.34. The number of carbonyl (C=O) groups is 1. The largest absolute Gasteiger partial charge is 0.391 e. The second-order valence-corrected chi connectivity index (χ2v) is 5.17. The molecule has 18 heavy (non-hydrogen) atoms. The van der Waals surface area contributed by atoms with Gasteiger partial charge in [0.25, 0.3) is 5.56 Å². The van der Waals surface area contributed by atoms with Crippen LogP contribution in [0, 0.1) is 0 Å². The highest BCUT2D eigenvalue weighted by molar-refractivity contribution is 9.10. The lowest BCUT2D eigenvalue weighted by Gasteiger charge is -2.16. The number of nitrogens with zero attached hydrogens (tertiary/aromatic N) is 2. The number of aryl methyl sites for hydroxylation is 1. The van der Waals surface area contributed by atoms with E-state index in [4.69, 9.17) is 0 Å². The number of aromatic nitrogens is 1. The number of aliphatic hydroxyl groups is 1. The molecule has 7 heteroatoms. The summed E-state index contributed by atoms with van der Waals surface area (Å²) in [4.78, 5) is 24.9. The number of hydrogen-bond acceptors (Lipinski definition) is 3. The summed E-state index contributed by atoms with van der Waals surface area (Å²) in [6.07, 6.45) is 1.71. The van der Waals surface area contributed by atoms with E-state index in [0.717, 1.165) is 0 Å². The van der Waals surface area contributed by atoms with Crippen LogP contribution in [0.3, 0.4) is 0 Å². The van der Waals surface area contributed by atoms with Crippen LogP contribution in [0.15, 0.2) is 21.5 Å².